The minimum Gasteiger partial charge on any atom is -0.350 e. The fraction of sp³-hybridized carbons (Fsp3) is 0.500. The van der Waals surface area contributed by atoms with E-state index in [0.29, 0.717) is 13.0 Å². The van der Waals surface area contributed by atoms with Crippen molar-refractivity contribution in [2.75, 3.05) is 0 Å². The third-order valence-electron chi connectivity index (χ3n) is 1.70. The molecular formula is C8H13N3O. The number of nitrogens with zero attached hydrogens (tertiary/aromatic N) is 2. The van der Waals surface area contributed by atoms with Crippen molar-refractivity contribution in [3.8, 4) is 0 Å². The van der Waals surface area contributed by atoms with Crippen molar-refractivity contribution in [2.45, 2.75) is 19.9 Å². The molecule has 0 saturated heterocycles. The number of amides is 1. The highest BCUT2D eigenvalue weighted by Crippen LogP contribution is 1.94. The number of imidazole rings is 1. The topological polar surface area (TPSA) is 46.9 Å². The standard InChI is InChI=1S/C8H13N3O/c1-3-8(12)10-5-7-4-9-6-11(7)2/h4,6H,3,5H2,1-2H3,(H,10,12). The smallest absolute Gasteiger partial charge is 0.220 e. The molecule has 0 saturated carbocycles. The summed E-state index contributed by atoms with van der Waals surface area (Å²) in [6.45, 7) is 2.39. The maximum absolute atomic E-state index is 10.9. The monoisotopic (exact) mass is 167 g/mol. The Morgan fingerprint density at radius 3 is 3.00 bits per heavy atom. The summed E-state index contributed by atoms with van der Waals surface area (Å²) in [5, 5.41) is 2.78. The van der Waals surface area contributed by atoms with Crippen LogP contribution in [0.25, 0.3) is 0 Å². The molecular weight excluding hydrogens is 154 g/mol. The Morgan fingerprint density at radius 1 is 1.75 bits per heavy atom. The first-order valence-electron chi connectivity index (χ1n) is 3.96. The van der Waals surface area contributed by atoms with Crippen molar-refractivity contribution in [3.63, 3.8) is 0 Å². The third-order valence-corrected chi connectivity index (χ3v) is 1.70. The predicted molar refractivity (Wildman–Crippen MR) is 45.3 cm³/mol. The van der Waals surface area contributed by atoms with Crippen molar-refractivity contribution < 1.29 is 4.79 Å². The Morgan fingerprint density at radius 2 is 2.50 bits per heavy atom. The van der Waals surface area contributed by atoms with Gasteiger partial charge in [-0.25, -0.2) is 4.98 Å². The molecule has 0 bridgehead atoms. The van der Waals surface area contributed by atoms with Crippen LogP contribution in [0.5, 0.6) is 0 Å². The number of aromatic nitrogens is 2. The van der Waals surface area contributed by atoms with Gasteiger partial charge in [-0.1, -0.05) is 6.92 Å². The zero-order chi connectivity index (χ0) is 8.97. The first kappa shape index (κ1) is 8.77. The molecule has 0 radical (unpaired) electrons. The quantitative estimate of drug-likeness (QED) is 0.710. The van der Waals surface area contributed by atoms with E-state index in [0.717, 1.165) is 5.69 Å². The van der Waals surface area contributed by atoms with Gasteiger partial charge in [0.05, 0.1) is 18.6 Å². The van der Waals surface area contributed by atoms with Crippen LogP contribution in [0.1, 0.15) is 19.0 Å². The zero-order valence-electron chi connectivity index (χ0n) is 7.37. The highest BCUT2D eigenvalue weighted by molar-refractivity contribution is 5.75. The van der Waals surface area contributed by atoms with Crippen molar-refractivity contribution in [3.05, 3.63) is 18.2 Å². The van der Waals surface area contributed by atoms with Crippen LogP contribution in [0.15, 0.2) is 12.5 Å². The van der Waals surface area contributed by atoms with Gasteiger partial charge in [0.15, 0.2) is 0 Å². The lowest BCUT2D eigenvalue weighted by Crippen LogP contribution is -2.22. The summed E-state index contributed by atoms with van der Waals surface area (Å²) >= 11 is 0. The van der Waals surface area contributed by atoms with Crippen LogP contribution in [0.4, 0.5) is 0 Å². The fourth-order valence-electron chi connectivity index (χ4n) is 0.869. The second-order valence-electron chi connectivity index (χ2n) is 2.63. The van der Waals surface area contributed by atoms with E-state index in [1.165, 1.54) is 0 Å². The van der Waals surface area contributed by atoms with Crippen LogP contribution in [-0.2, 0) is 18.4 Å². The minimum atomic E-state index is 0.0659. The van der Waals surface area contributed by atoms with Crippen molar-refractivity contribution in [2.24, 2.45) is 7.05 Å². The molecule has 1 N–H and O–H groups in total. The molecule has 1 heterocycles. The Labute approximate surface area is 71.6 Å². The highest BCUT2D eigenvalue weighted by atomic mass is 16.1. The molecule has 0 aliphatic heterocycles. The molecule has 0 unspecified atom stereocenters. The van der Waals surface area contributed by atoms with E-state index in [2.05, 4.69) is 10.3 Å². The van der Waals surface area contributed by atoms with E-state index in [9.17, 15) is 4.79 Å². The highest BCUT2D eigenvalue weighted by Gasteiger charge is 1.99. The number of carbonyl (C=O) groups is 1. The normalized spacial score (nSPS) is 9.83. The molecule has 4 nitrogen and oxygen atoms in total. The second-order valence-corrected chi connectivity index (χ2v) is 2.63. The van der Waals surface area contributed by atoms with Crippen molar-refractivity contribution >= 4 is 5.91 Å². The maximum Gasteiger partial charge on any atom is 0.220 e. The van der Waals surface area contributed by atoms with Gasteiger partial charge >= 0.3 is 0 Å². The van der Waals surface area contributed by atoms with Gasteiger partial charge in [-0.15, -0.1) is 0 Å². The second kappa shape index (κ2) is 3.90. The third kappa shape index (κ3) is 2.08. The first-order chi connectivity index (χ1) is 5.74. The maximum atomic E-state index is 10.9. The molecule has 1 rings (SSSR count). The van der Waals surface area contributed by atoms with Gasteiger partial charge in [0.1, 0.15) is 0 Å². The summed E-state index contributed by atoms with van der Waals surface area (Å²) in [5.74, 6) is 0.0659. The van der Waals surface area contributed by atoms with Crippen LogP contribution in [0.2, 0.25) is 0 Å². The van der Waals surface area contributed by atoms with Crippen LogP contribution in [0, 0.1) is 0 Å². The molecule has 1 amide bonds. The van der Waals surface area contributed by atoms with Gasteiger partial charge in [-0.3, -0.25) is 4.79 Å². The largest absolute Gasteiger partial charge is 0.350 e. The Kier molecular flexibility index (Phi) is 2.85. The molecule has 4 heteroatoms. The molecule has 12 heavy (non-hydrogen) atoms. The summed E-state index contributed by atoms with van der Waals surface area (Å²) in [5.41, 5.74) is 1.01. The SMILES string of the molecule is CCC(=O)NCc1cncn1C. The first-order valence-corrected chi connectivity index (χ1v) is 3.96. The van der Waals surface area contributed by atoms with Gasteiger partial charge in [0.2, 0.25) is 5.91 Å². The van der Waals surface area contributed by atoms with Gasteiger partial charge in [0.25, 0.3) is 0 Å². The van der Waals surface area contributed by atoms with Gasteiger partial charge in [0, 0.05) is 19.7 Å². The molecule has 0 aliphatic rings. The van der Waals surface area contributed by atoms with Crippen molar-refractivity contribution in [1.82, 2.24) is 14.9 Å². The summed E-state index contributed by atoms with van der Waals surface area (Å²) in [6, 6.07) is 0. The van der Waals surface area contributed by atoms with Crippen LogP contribution < -0.4 is 5.32 Å². The van der Waals surface area contributed by atoms with E-state index >= 15 is 0 Å². The number of aryl methyl sites for hydroxylation is 1. The number of hydrogen-bond donors (Lipinski definition) is 1. The predicted octanol–water partition coefficient (Wildman–Crippen LogP) is 0.446. The summed E-state index contributed by atoms with van der Waals surface area (Å²) in [6.07, 6.45) is 3.99. The van der Waals surface area contributed by atoms with Crippen LogP contribution in [0.3, 0.4) is 0 Å². The lowest BCUT2D eigenvalue weighted by Gasteiger charge is -2.03. The molecule has 66 valence electrons. The van der Waals surface area contributed by atoms with Gasteiger partial charge in [-0.05, 0) is 0 Å². The Hall–Kier alpha value is -1.32. The van der Waals surface area contributed by atoms with E-state index in [1.54, 1.807) is 12.5 Å². The number of hydrogen-bond acceptors (Lipinski definition) is 2. The van der Waals surface area contributed by atoms with E-state index < -0.39 is 0 Å². The van der Waals surface area contributed by atoms with Crippen LogP contribution in [-0.4, -0.2) is 15.5 Å². The lowest BCUT2D eigenvalue weighted by atomic mass is 10.4. The minimum absolute atomic E-state index is 0.0659. The van der Waals surface area contributed by atoms with E-state index in [-0.39, 0.29) is 5.91 Å². The fourth-order valence-corrected chi connectivity index (χ4v) is 0.869. The van der Waals surface area contributed by atoms with Crippen LogP contribution >= 0.6 is 0 Å². The Balaban J connectivity index is 2.43. The molecule has 1 aromatic rings. The average molecular weight is 167 g/mol. The summed E-state index contributed by atoms with van der Waals surface area (Å²) in [4.78, 5) is 14.8. The number of rotatable bonds is 3. The number of nitrogens with one attached hydrogen (secondary N) is 1. The van der Waals surface area contributed by atoms with E-state index in [1.807, 2.05) is 18.5 Å². The summed E-state index contributed by atoms with van der Waals surface area (Å²) < 4.78 is 1.88. The zero-order valence-corrected chi connectivity index (χ0v) is 7.37. The van der Waals surface area contributed by atoms with Crippen molar-refractivity contribution in [1.29, 1.82) is 0 Å². The summed E-state index contributed by atoms with van der Waals surface area (Å²) in [7, 11) is 1.90. The molecule has 1 aromatic heterocycles. The molecule has 0 aliphatic carbocycles. The van der Waals surface area contributed by atoms with E-state index in [4.69, 9.17) is 0 Å². The molecule has 0 spiro atoms. The lowest BCUT2D eigenvalue weighted by molar-refractivity contribution is -0.120. The van der Waals surface area contributed by atoms with Gasteiger partial charge in [-0.2, -0.15) is 0 Å². The number of carbonyl (C=O) groups excluding carboxylic acids is 1. The molecule has 0 atom stereocenters. The Bertz CT molecular complexity index is 267. The van der Waals surface area contributed by atoms with Gasteiger partial charge < -0.3 is 9.88 Å². The molecule has 0 aromatic carbocycles. The average Bonchev–Trinajstić information content (AvgIpc) is 2.47. The molecule has 0 fully saturated rings.